The van der Waals surface area contributed by atoms with Crippen LogP contribution in [0.4, 0.5) is 0 Å². The smallest absolute Gasteiger partial charge is 0.218 e. The van der Waals surface area contributed by atoms with E-state index in [2.05, 4.69) is 48.3 Å². The Balaban J connectivity index is 1.82. The average Bonchev–Trinajstić information content (AvgIpc) is 2.82. The summed E-state index contributed by atoms with van der Waals surface area (Å²) in [4.78, 5) is 4.65. The van der Waals surface area contributed by atoms with Crippen molar-refractivity contribution < 1.29 is 4.74 Å². The molecule has 0 saturated heterocycles. The van der Waals surface area contributed by atoms with Crippen molar-refractivity contribution in [1.29, 1.82) is 0 Å². The first-order chi connectivity index (χ1) is 9.74. The summed E-state index contributed by atoms with van der Waals surface area (Å²) in [5, 5.41) is 1.17. The van der Waals surface area contributed by atoms with Crippen molar-refractivity contribution in [1.82, 2.24) is 4.98 Å². The van der Waals surface area contributed by atoms with E-state index in [1.165, 1.54) is 16.5 Å². The minimum absolute atomic E-state index is 0.312. The van der Waals surface area contributed by atoms with Crippen LogP contribution in [0.3, 0.4) is 0 Å². The molecule has 98 valence electrons. The third-order valence-corrected chi connectivity index (χ3v) is 4.00. The minimum atomic E-state index is -0.312. The Morgan fingerprint density at radius 3 is 2.60 bits per heavy atom. The van der Waals surface area contributed by atoms with E-state index < -0.39 is 0 Å². The molecule has 0 spiro atoms. The molecule has 20 heavy (non-hydrogen) atoms. The van der Waals surface area contributed by atoms with E-state index in [0.717, 1.165) is 17.8 Å². The fraction of sp³-hybridized carbons (Fsp3) is 0.167. The van der Waals surface area contributed by atoms with Crippen molar-refractivity contribution in [2.45, 2.75) is 18.9 Å². The van der Waals surface area contributed by atoms with Crippen LogP contribution in [0, 0.1) is 0 Å². The first-order valence-corrected chi connectivity index (χ1v) is 6.88. The molecule has 0 bridgehead atoms. The molecule has 0 aliphatic carbocycles. The summed E-state index contributed by atoms with van der Waals surface area (Å²) >= 11 is 0. The van der Waals surface area contributed by atoms with Gasteiger partial charge >= 0.3 is 0 Å². The summed E-state index contributed by atoms with van der Waals surface area (Å²) in [6, 6.07) is 20.7. The number of rotatable bonds is 1. The maximum Gasteiger partial charge on any atom is 0.218 e. The molecule has 0 saturated carbocycles. The standard InChI is InChI=1S/C18H15NO/c1-18(15-8-3-2-4-9-15)12-14-11-13-7-5-6-10-16(13)19-17(14)20-18/h2-11H,12H2,1H3. The van der Waals surface area contributed by atoms with Crippen LogP contribution < -0.4 is 4.74 Å². The Bertz CT molecular complexity index is 735. The molecule has 2 heterocycles. The number of fused-ring (bicyclic) bond motifs is 2. The molecule has 1 atom stereocenters. The van der Waals surface area contributed by atoms with Crippen LogP contribution in [0.2, 0.25) is 0 Å². The Morgan fingerprint density at radius 2 is 1.75 bits per heavy atom. The highest BCUT2D eigenvalue weighted by atomic mass is 16.5. The van der Waals surface area contributed by atoms with Gasteiger partial charge in [0.05, 0.1) is 5.52 Å². The fourth-order valence-electron chi connectivity index (χ4n) is 2.92. The van der Waals surface area contributed by atoms with Crippen LogP contribution in [-0.4, -0.2) is 4.98 Å². The van der Waals surface area contributed by atoms with Gasteiger partial charge in [0.25, 0.3) is 0 Å². The highest BCUT2D eigenvalue weighted by Crippen LogP contribution is 2.41. The van der Waals surface area contributed by atoms with Crippen molar-refractivity contribution in [3.63, 3.8) is 0 Å². The van der Waals surface area contributed by atoms with Gasteiger partial charge in [-0.25, -0.2) is 4.98 Å². The molecule has 0 amide bonds. The number of ether oxygens (including phenoxy) is 1. The second-order valence-electron chi connectivity index (χ2n) is 5.52. The molecule has 1 aliphatic rings. The lowest BCUT2D eigenvalue weighted by molar-refractivity contribution is 0.111. The van der Waals surface area contributed by atoms with Crippen LogP contribution in [-0.2, 0) is 12.0 Å². The van der Waals surface area contributed by atoms with E-state index in [9.17, 15) is 0 Å². The van der Waals surface area contributed by atoms with E-state index in [0.29, 0.717) is 0 Å². The Hall–Kier alpha value is -2.35. The number of pyridine rings is 1. The van der Waals surface area contributed by atoms with Crippen molar-refractivity contribution >= 4 is 10.9 Å². The van der Waals surface area contributed by atoms with Gasteiger partial charge in [0, 0.05) is 17.4 Å². The summed E-state index contributed by atoms with van der Waals surface area (Å²) in [7, 11) is 0. The number of aromatic nitrogens is 1. The first kappa shape index (κ1) is 11.5. The molecule has 1 aromatic heterocycles. The maximum atomic E-state index is 6.18. The molecule has 1 unspecified atom stereocenters. The third kappa shape index (κ3) is 1.68. The van der Waals surface area contributed by atoms with Gasteiger partial charge in [0.1, 0.15) is 5.60 Å². The lowest BCUT2D eigenvalue weighted by Crippen LogP contribution is -2.26. The minimum Gasteiger partial charge on any atom is -0.466 e. The van der Waals surface area contributed by atoms with E-state index in [-0.39, 0.29) is 5.60 Å². The average molecular weight is 261 g/mol. The van der Waals surface area contributed by atoms with Crippen LogP contribution in [0.5, 0.6) is 5.88 Å². The zero-order chi connectivity index (χ0) is 13.6. The van der Waals surface area contributed by atoms with Gasteiger partial charge in [-0.2, -0.15) is 0 Å². The summed E-state index contributed by atoms with van der Waals surface area (Å²) in [6.45, 7) is 2.13. The van der Waals surface area contributed by atoms with Crippen LogP contribution >= 0.6 is 0 Å². The van der Waals surface area contributed by atoms with E-state index >= 15 is 0 Å². The number of hydrogen-bond acceptors (Lipinski definition) is 2. The van der Waals surface area contributed by atoms with E-state index in [1.54, 1.807) is 0 Å². The Morgan fingerprint density at radius 1 is 1.00 bits per heavy atom. The van der Waals surface area contributed by atoms with Crippen molar-refractivity contribution in [2.24, 2.45) is 0 Å². The zero-order valence-corrected chi connectivity index (χ0v) is 11.3. The van der Waals surface area contributed by atoms with Gasteiger partial charge in [-0.3, -0.25) is 0 Å². The maximum absolute atomic E-state index is 6.18. The predicted octanol–water partition coefficient (Wildman–Crippen LogP) is 4.09. The first-order valence-electron chi connectivity index (χ1n) is 6.88. The number of para-hydroxylation sites is 1. The lowest BCUT2D eigenvalue weighted by atomic mass is 9.91. The van der Waals surface area contributed by atoms with Crippen LogP contribution in [0.1, 0.15) is 18.1 Å². The molecular formula is C18H15NO. The highest BCUT2D eigenvalue weighted by molar-refractivity contribution is 5.80. The second-order valence-corrected chi connectivity index (χ2v) is 5.52. The molecule has 4 rings (SSSR count). The van der Waals surface area contributed by atoms with Crippen LogP contribution in [0.25, 0.3) is 10.9 Å². The van der Waals surface area contributed by atoms with Crippen molar-refractivity contribution in [2.75, 3.05) is 0 Å². The molecule has 2 heteroatoms. The van der Waals surface area contributed by atoms with Crippen LogP contribution in [0.15, 0.2) is 60.7 Å². The Kier molecular flexibility index (Phi) is 2.34. The molecule has 1 aliphatic heterocycles. The third-order valence-electron chi connectivity index (χ3n) is 4.00. The quantitative estimate of drug-likeness (QED) is 0.658. The topological polar surface area (TPSA) is 22.1 Å². The Labute approximate surface area is 118 Å². The van der Waals surface area contributed by atoms with Crippen molar-refractivity contribution in [3.05, 3.63) is 71.8 Å². The predicted molar refractivity (Wildman–Crippen MR) is 79.9 cm³/mol. The van der Waals surface area contributed by atoms with Gasteiger partial charge in [-0.1, -0.05) is 48.5 Å². The fourth-order valence-corrected chi connectivity index (χ4v) is 2.92. The monoisotopic (exact) mass is 261 g/mol. The highest BCUT2D eigenvalue weighted by Gasteiger charge is 2.37. The summed E-state index contributed by atoms with van der Waals surface area (Å²) < 4.78 is 6.18. The van der Waals surface area contributed by atoms with Gasteiger partial charge in [0.15, 0.2) is 0 Å². The molecule has 0 N–H and O–H groups in total. The number of benzene rings is 2. The lowest BCUT2D eigenvalue weighted by Gasteiger charge is -2.23. The molecule has 0 fully saturated rings. The molecular weight excluding hydrogens is 246 g/mol. The SMILES string of the molecule is CC1(c2ccccc2)Cc2cc3ccccc3nc2O1. The van der Waals surface area contributed by atoms with Gasteiger partial charge in [-0.15, -0.1) is 0 Å². The number of nitrogens with zero attached hydrogens (tertiary/aromatic N) is 1. The van der Waals surface area contributed by atoms with Gasteiger partial charge in [-0.05, 0) is 24.6 Å². The number of hydrogen-bond donors (Lipinski definition) is 0. The summed E-state index contributed by atoms with van der Waals surface area (Å²) in [6.07, 6.45) is 0.865. The molecule has 3 aromatic rings. The molecule has 2 aromatic carbocycles. The van der Waals surface area contributed by atoms with Crippen molar-refractivity contribution in [3.8, 4) is 5.88 Å². The molecule has 0 radical (unpaired) electrons. The van der Waals surface area contributed by atoms with E-state index in [1.807, 2.05) is 24.3 Å². The zero-order valence-electron chi connectivity index (χ0n) is 11.3. The largest absolute Gasteiger partial charge is 0.466 e. The van der Waals surface area contributed by atoms with Gasteiger partial charge < -0.3 is 4.74 Å². The second kappa shape index (κ2) is 4.07. The normalized spacial score (nSPS) is 20.6. The summed E-state index contributed by atoms with van der Waals surface area (Å²) in [5.41, 5.74) is 3.06. The van der Waals surface area contributed by atoms with Gasteiger partial charge in [0.2, 0.25) is 5.88 Å². The molecule has 2 nitrogen and oxygen atoms in total. The van der Waals surface area contributed by atoms with E-state index in [4.69, 9.17) is 4.74 Å². The summed E-state index contributed by atoms with van der Waals surface area (Å²) in [5.74, 6) is 0.773.